The van der Waals surface area contributed by atoms with E-state index >= 15 is 0 Å². The third kappa shape index (κ3) is 4.91. The Bertz CT molecular complexity index is 1220. The Hall–Kier alpha value is -2.96. The number of para-hydroxylation sites is 1. The highest BCUT2D eigenvalue weighted by atomic mass is 16.5. The van der Waals surface area contributed by atoms with E-state index in [1.807, 2.05) is 12.1 Å². The topological polar surface area (TPSA) is 78.5 Å². The van der Waals surface area contributed by atoms with Crippen LogP contribution in [0, 0.1) is 11.8 Å². The van der Waals surface area contributed by atoms with Crippen LogP contribution >= 0.6 is 0 Å². The average Bonchev–Trinajstić information content (AvgIpc) is 3.31. The van der Waals surface area contributed by atoms with Gasteiger partial charge in [-0.05, 0) is 74.9 Å². The molecule has 3 aromatic rings. The fraction of sp³-hybridized carbons (Fsp3) is 0.448. The largest absolute Gasteiger partial charge is 0.465 e. The Morgan fingerprint density at radius 3 is 2.74 bits per heavy atom. The van der Waals surface area contributed by atoms with Gasteiger partial charge in [0.05, 0.1) is 23.8 Å². The van der Waals surface area contributed by atoms with Crippen molar-refractivity contribution in [3.63, 3.8) is 0 Å². The second-order valence-corrected chi connectivity index (χ2v) is 10.2. The van der Waals surface area contributed by atoms with Gasteiger partial charge in [-0.1, -0.05) is 42.5 Å². The molecule has 1 aromatic heterocycles. The van der Waals surface area contributed by atoms with Crippen LogP contribution in [-0.2, 0) is 11.2 Å². The smallest absolute Gasteiger partial charge is 0.340 e. The second-order valence-electron chi connectivity index (χ2n) is 10.2. The molecule has 2 bridgehead atoms. The van der Waals surface area contributed by atoms with E-state index in [0.29, 0.717) is 17.0 Å². The van der Waals surface area contributed by atoms with Gasteiger partial charge in [-0.15, -0.1) is 0 Å². The third-order valence-electron chi connectivity index (χ3n) is 7.89. The van der Waals surface area contributed by atoms with Crippen LogP contribution in [0.2, 0.25) is 0 Å². The van der Waals surface area contributed by atoms with E-state index < -0.39 is 5.60 Å². The summed E-state index contributed by atoms with van der Waals surface area (Å²) in [5.41, 5.74) is 4.16. The minimum atomic E-state index is -0.599. The number of rotatable bonds is 9. The monoisotopic (exact) mass is 473 g/mol. The molecule has 6 nitrogen and oxygen atoms in total. The molecule has 3 aliphatic carbocycles. The van der Waals surface area contributed by atoms with E-state index in [-0.39, 0.29) is 11.9 Å². The highest BCUT2D eigenvalue weighted by molar-refractivity contribution is 6.01. The van der Waals surface area contributed by atoms with Gasteiger partial charge in [0.25, 0.3) is 0 Å². The number of carbonyl (C=O) groups excluding carboxylic acids is 1. The standard InChI is InChI=1S/C29H35N3O3/c1-32(16-7-12-26-30-25-11-6-10-23(27(25)31-26)28(33)35-2)17-15-29(34)19-21-13-14-22(29)18-24(21)20-8-4-3-5-9-20/h3-6,8-11,18,21-22,34H,7,12-17,19H2,1-2H3,(H,30,31)/t21-,22-,29+/m0/s1. The molecule has 0 radical (unpaired) electrons. The van der Waals surface area contributed by atoms with E-state index in [0.717, 1.165) is 56.5 Å². The summed E-state index contributed by atoms with van der Waals surface area (Å²) in [6.07, 6.45) is 8.05. The molecule has 2 aromatic carbocycles. The number of benzene rings is 2. The number of imidazole rings is 1. The fourth-order valence-corrected chi connectivity index (χ4v) is 5.93. The molecule has 3 aliphatic rings. The number of fused-ring (bicyclic) bond motifs is 3. The van der Waals surface area contributed by atoms with E-state index in [4.69, 9.17) is 4.74 Å². The molecule has 1 fully saturated rings. The summed E-state index contributed by atoms with van der Waals surface area (Å²) in [4.78, 5) is 22.3. The van der Waals surface area contributed by atoms with Gasteiger partial charge in [-0.25, -0.2) is 9.78 Å². The molecule has 2 N–H and O–H groups in total. The summed E-state index contributed by atoms with van der Waals surface area (Å²) in [6, 6.07) is 16.2. The first-order chi connectivity index (χ1) is 17.0. The zero-order valence-corrected chi connectivity index (χ0v) is 20.7. The summed E-state index contributed by atoms with van der Waals surface area (Å²) in [7, 11) is 3.52. The molecule has 0 aliphatic heterocycles. The van der Waals surface area contributed by atoms with Crippen LogP contribution in [0.4, 0.5) is 0 Å². The number of aromatic nitrogens is 2. The van der Waals surface area contributed by atoms with Gasteiger partial charge in [0.15, 0.2) is 0 Å². The zero-order chi connectivity index (χ0) is 24.4. The van der Waals surface area contributed by atoms with Gasteiger partial charge >= 0.3 is 5.97 Å². The molecule has 184 valence electrons. The zero-order valence-electron chi connectivity index (χ0n) is 20.7. The Kier molecular flexibility index (Phi) is 6.76. The number of hydrogen-bond donors (Lipinski definition) is 2. The number of esters is 1. The lowest BCUT2D eigenvalue weighted by atomic mass is 9.61. The lowest BCUT2D eigenvalue weighted by Crippen LogP contribution is -2.48. The summed E-state index contributed by atoms with van der Waals surface area (Å²) in [5, 5.41) is 11.5. The van der Waals surface area contributed by atoms with Gasteiger partial charge in [0.1, 0.15) is 11.3 Å². The molecular weight excluding hydrogens is 438 g/mol. The molecule has 1 saturated carbocycles. The van der Waals surface area contributed by atoms with Crippen LogP contribution in [0.3, 0.4) is 0 Å². The van der Waals surface area contributed by atoms with E-state index in [9.17, 15) is 9.90 Å². The van der Waals surface area contributed by atoms with E-state index in [1.165, 1.54) is 24.7 Å². The average molecular weight is 474 g/mol. The third-order valence-corrected chi connectivity index (χ3v) is 7.89. The minimum Gasteiger partial charge on any atom is -0.465 e. The first-order valence-electron chi connectivity index (χ1n) is 12.7. The van der Waals surface area contributed by atoms with Gasteiger partial charge in [-0.2, -0.15) is 0 Å². The summed E-state index contributed by atoms with van der Waals surface area (Å²) in [6.45, 7) is 1.80. The van der Waals surface area contributed by atoms with Crippen molar-refractivity contribution < 1.29 is 14.6 Å². The Morgan fingerprint density at radius 2 is 2.00 bits per heavy atom. The highest BCUT2D eigenvalue weighted by Crippen LogP contribution is 2.51. The molecule has 35 heavy (non-hydrogen) atoms. The number of nitrogens with one attached hydrogen (secondary N) is 1. The fourth-order valence-electron chi connectivity index (χ4n) is 5.93. The van der Waals surface area contributed by atoms with Crippen molar-refractivity contribution in [2.75, 3.05) is 27.2 Å². The van der Waals surface area contributed by atoms with Gasteiger partial charge in [-0.3, -0.25) is 0 Å². The molecule has 0 saturated heterocycles. The second kappa shape index (κ2) is 9.96. The molecule has 1 heterocycles. The summed E-state index contributed by atoms with van der Waals surface area (Å²) < 4.78 is 4.87. The van der Waals surface area contributed by atoms with Crippen molar-refractivity contribution in [1.29, 1.82) is 0 Å². The number of aromatic amines is 1. The Balaban J connectivity index is 1.14. The van der Waals surface area contributed by atoms with Crippen LogP contribution in [0.5, 0.6) is 0 Å². The quantitative estimate of drug-likeness (QED) is 0.435. The lowest BCUT2D eigenvalue weighted by Gasteiger charge is -2.48. The van der Waals surface area contributed by atoms with Crippen molar-refractivity contribution in [3.05, 3.63) is 71.6 Å². The number of aliphatic hydroxyl groups is 1. The number of hydrogen-bond acceptors (Lipinski definition) is 5. The van der Waals surface area contributed by atoms with Crippen LogP contribution in [0.15, 0.2) is 54.6 Å². The molecular formula is C29H35N3O3. The van der Waals surface area contributed by atoms with Crippen molar-refractivity contribution in [2.45, 2.75) is 44.1 Å². The van der Waals surface area contributed by atoms with Crippen molar-refractivity contribution in [3.8, 4) is 0 Å². The number of carbonyl (C=O) groups is 1. The van der Waals surface area contributed by atoms with Crippen LogP contribution in [0.25, 0.3) is 16.6 Å². The van der Waals surface area contributed by atoms with Gasteiger partial charge < -0.3 is 19.7 Å². The maximum atomic E-state index is 12.0. The molecule has 3 atom stereocenters. The Morgan fingerprint density at radius 1 is 1.17 bits per heavy atom. The SMILES string of the molecule is COC(=O)c1cccc2[nH]c(CCCN(C)CC[C@@]3(O)C[C@@H]4CC[C@H]3C=C4c3ccccc3)nc12. The van der Waals surface area contributed by atoms with E-state index in [2.05, 4.69) is 58.3 Å². The number of ether oxygens (including phenoxy) is 1. The predicted molar refractivity (Wildman–Crippen MR) is 138 cm³/mol. The van der Waals surface area contributed by atoms with Gasteiger partial charge in [0.2, 0.25) is 0 Å². The first kappa shape index (κ1) is 23.8. The summed E-state index contributed by atoms with van der Waals surface area (Å²) in [5.74, 6) is 1.22. The van der Waals surface area contributed by atoms with Crippen LogP contribution < -0.4 is 0 Å². The van der Waals surface area contributed by atoms with E-state index in [1.54, 1.807) is 6.07 Å². The lowest BCUT2D eigenvalue weighted by molar-refractivity contribution is -0.0574. The maximum absolute atomic E-state index is 12.0. The number of methoxy groups -OCH3 is 1. The maximum Gasteiger partial charge on any atom is 0.340 e. The Labute approximate surface area is 207 Å². The predicted octanol–water partition coefficient (Wildman–Crippen LogP) is 4.85. The van der Waals surface area contributed by atoms with Crippen LogP contribution in [0.1, 0.15) is 53.8 Å². The van der Waals surface area contributed by atoms with Gasteiger partial charge in [0, 0.05) is 18.9 Å². The minimum absolute atomic E-state index is 0.246. The molecule has 0 unspecified atom stereocenters. The van der Waals surface area contributed by atoms with Crippen molar-refractivity contribution >= 4 is 22.6 Å². The number of aryl methyl sites for hydroxylation is 1. The highest BCUT2D eigenvalue weighted by Gasteiger charge is 2.46. The molecule has 0 amide bonds. The van der Waals surface area contributed by atoms with Crippen LogP contribution in [-0.4, -0.2) is 58.8 Å². The number of H-pyrrole nitrogens is 1. The van der Waals surface area contributed by atoms with Crippen molar-refractivity contribution in [1.82, 2.24) is 14.9 Å². The number of nitrogens with zero attached hydrogens (tertiary/aromatic N) is 2. The first-order valence-corrected chi connectivity index (χ1v) is 12.7. The normalized spacial score (nSPS) is 23.6. The summed E-state index contributed by atoms with van der Waals surface area (Å²) >= 11 is 0. The van der Waals surface area contributed by atoms with Crippen molar-refractivity contribution in [2.24, 2.45) is 11.8 Å². The molecule has 6 heteroatoms. The molecule has 0 spiro atoms. The molecule has 6 rings (SSSR count). The number of allylic oxidation sites excluding steroid dienone is 1.